The number of benzene rings is 1. The number of phenolic OH excluding ortho intramolecular Hbond substituents is 1. The number of carbonyl (C=O) groups is 3. The molecule has 0 amide bonds. The average Bonchev–Trinajstić information content (AvgIpc) is 2.80. The maximum Gasteiger partial charge on any atom is 0.336 e. The number of ketones is 1. The van der Waals surface area contributed by atoms with E-state index < -0.39 is 29.6 Å². The Kier molecular flexibility index (Phi) is 8.30. The zero-order valence-electron chi connectivity index (χ0n) is 20.1. The summed E-state index contributed by atoms with van der Waals surface area (Å²) in [4.78, 5) is 39.4. The Morgan fingerprint density at radius 2 is 2.00 bits per heavy atom. The van der Waals surface area contributed by atoms with Crippen molar-refractivity contribution < 1.29 is 33.7 Å². The molecule has 1 aliphatic carbocycles. The molecule has 0 aromatic heterocycles. The lowest BCUT2D eigenvalue weighted by molar-refractivity contribution is -0.151. The van der Waals surface area contributed by atoms with Gasteiger partial charge < -0.3 is 24.6 Å². The molecule has 3 unspecified atom stereocenters. The number of rotatable bonds is 8. The molecule has 0 bridgehead atoms. The van der Waals surface area contributed by atoms with Crippen molar-refractivity contribution in [3.63, 3.8) is 0 Å². The fourth-order valence-electron chi connectivity index (χ4n) is 4.59. The predicted octanol–water partition coefficient (Wildman–Crippen LogP) is 3.31. The first-order chi connectivity index (χ1) is 16.2. The quantitative estimate of drug-likeness (QED) is 0.323. The number of hydrogen-bond donors (Lipinski definition) is 2. The molecule has 0 radical (unpaired) electrons. The van der Waals surface area contributed by atoms with Crippen LogP contribution in [-0.4, -0.2) is 55.2 Å². The van der Waals surface area contributed by atoms with Gasteiger partial charge in [0.1, 0.15) is 12.5 Å². The second kappa shape index (κ2) is 11.0. The van der Waals surface area contributed by atoms with Crippen LogP contribution in [0.4, 0.5) is 0 Å². The fourth-order valence-corrected chi connectivity index (χ4v) is 5.08. The summed E-state index contributed by atoms with van der Waals surface area (Å²) in [5.41, 5.74) is 2.35. The summed E-state index contributed by atoms with van der Waals surface area (Å²) in [6.07, 6.45) is 0.437. The van der Waals surface area contributed by atoms with Crippen molar-refractivity contribution in [1.29, 1.82) is 0 Å². The second-order valence-electron chi connectivity index (χ2n) is 8.30. The first-order valence-corrected chi connectivity index (χ1v) is 12.3. The zero-order chi connectivity index (χ0) is 25.0. The fraction of sp³-hybridized carbons (Fsp3) is 0.480. The van der Waals surface area contributed by atoms with E-state index in [0.717, 1.165) is 5.75 Å². The van der Waals surface area contributed by atoms with Crippen LogP contribution >= 0.6 is 11.8 Å². The van der Waals surface area contributed by atoms with Crippen LogP contribution in [0.25, 0.3) is 0 Å². The molecule has 1 aromatic rings. The molecule has 3 rings (SSSR count). The van der Waals surface area contributed by atoms with Crippen molar-refractivity contribution in [2.75, 3.05) is 32.3 Å². The number of hydrogen-bond acceptors (Lipinski definition) is 9. The number of thioether (sulfide) groups is 1. The highest BCUT2D eigenvalue weighted by molar-refractivity contribution is 7.99. The van der Waals surface area contributed by atoms with E-state index in [4.69, 9.17) is 14.2 Å². The molecule has 9 heteroatoms. The third-order valence-corrected chi connectivity index (χ3v) is 7.03. The van der Waals surface area contributed by atoms with Crippen LogP contribution < -0.4 is 10.1 Å². The summed E-state index contributed by atoms with van der Waals surface area (Å²) < 4.78 is 15.6. The van der Waals surface area contributed by atoms with Crippen LogP contribution in [0.15, 0.2) is 40.7 Å². The van der Waals surface area contributed by atoms with E-state index in [1.165, 1.54) is 20.3 Å². The minimum Gasteiger partial charge on any atom is -0.504 e. The smallest absolute Gasteiger partial charge is 0.336 e. The number of ether oxygens (including phenoxy) is 3. The average molecular weight is 490 g/mol. The zero-order valence-corrected chi connectivity index (χ0v) is 20.9. The first kappa shape index (κ1) is 25.7. The van der Waals surface area contributed by atoms with Crippen molar-refractivity contribution in [2.45, 2.75) is 33.1 Å². The molecule has 184 valence electrons. The van der Waals surface area contributed by atoms with E-state index in [0.29, 0.717) is 34.7 Å². The summed E-state index contributed by atoms with van der Waals surface area (Å²) >= 11 is 1.65. The maximum atomic E-state index is 13.7. The third-order valence-electron chi connectivity index (χ3n) is 6.16. The van der Waals surface area contributed by atoms with Crippen molar-refractivity contribution in [2.24, 2.45) is 11.8 Å². The number of phenols is 1. The number of aromatic hydroxyl groups is 1. The van der Waals surface area contributed by atoms with Gasteiger partial charge in [-0.3, -0.25) is 9.59 Å². The normalized spacial score (nSPS) is 22.1. The van der Waals surface area contributed by atoms with Crippen LogP contribution in [0.1, 0.15) is 38.7 Å². The largest absolute Gasteiger partial charge is 0.504 e. The molecule has 0 saturated heterocycles. The lowest BCUT2D eigenvalue weighted by atomic mass is 9.69. The van der Waals surface area contributed by atoms with E-state index in [1.807, 2.05) is 13.8 Å². The van der Waals surface area contributed by atoms with Gasteiger partial charge in [0.05, 0.1) is 19.8 Å². The number of allylic oxidation sites excluding steroid dienone is 3. The summed E-state index contributed by atoms with van der Waals surface area (Å²) in [5, 5.41) is 13.7. The molecule has 1 heterocycles. The van der Waals surface area contributed by atoms with Gasteiger partial charge in [0.2, 0.25) is 0 Å². The van der Waals surface area contributed by atoms with Gasteiger partial charge in [-0.15, -0.1) is 0 Å². The van der Waals surface area contributed by atoms with Gasteiger partial charge in [-0.05, 0) is 42.7 Å². The minimum atomic E-state index is -0.975. The van der Waals surface area contributed by atoms with Gasteiger partial charge in [0.25, 0.3) is 0 Å². The van der Waals surface area contributed by atoms with E-state index >= 15 is 0 Å². The topological polar surface area (TPSA) is 111 Å². The summed E-state index contributed by atoms with van der Waals surface area (Å²) in [5.74, 6) is -1.89. The molecule has 0 fully saturated rings. The van der Waals surface area contributed by atoms with Crippen LogP contribution in [0.2, 0.25) is 0 Å². The van der Waals surface area contributed by atoms with E-state index in [-0.39, 0.29) is 29.6 Å². The Hall–Kier alpha value is -2.94. The number of nitrogens with one attached hydrogen (secondary N) is 1. The molecule has 0 saturated carbocycles. The first-order valence-electron chi connectivity index (χ1n) is 11.2. The van der Waals surface area contributed by atoms with E-state index in [9.17, 15) is 19.5 Å². The summed E-state index contributed by atoms with van der Waals surface area (Å²) in [6, 6.07) is 4.76. The third kappa shape index (κ3) is 4.94. The SMILES string of the molecule is CCSCCOC(=O)C1=C(C)NC2=C(C(=O)C(C(=O)OC)C(C)C2)C1c1ccc(OC)c(O)c1. The minimum absolute atomic E-state index is 0.119. The van der Waals surface area contributed by atoms with Gasteiger partial charge in [-0.1, -0.05) is 19.9 Å². The van der Waals surface area contributed by atoms with Gasteiger partial charge in [-0.25, -0.2) is 4.79 Å². The molecule has 34 heavy (non-hydrogen) atoms. The Morgan fingerprint density at radius 1 is 1.26 bits per heavy atom. The van der Waals surface area contributed by atoms with E-state index in [2.05, 4.69) is 5.32 Å². The Morgan fingerprint density at radius 3 is 2.62 bits per heavy atom. The molecule has 8 nitrogen and oxygen atoms in total. The lowest BCUT2D eigenvalue weighted by Gasteiger charge is -2.38. The van der Waals surface area contributed by atoms with Gasteiger partial charge in [-0.2, -0.15) is 11.8 Å². The summed E-state index contributed by atoms with van der Waals surface area (Å²) in [7, 11) is 2.69. The van der Waals surface area contributed by atoms with Gasteiger partial charge in [0.15, 0.2) is 17.3 Å². The van der Waals surface area contributed by atoms with Crippen LogP contribution in [0, 0.1) is 11.8 Å². The number of dihydropyridines is 1. The van der Waals surface area contributed by atoms with E-state index in [1.54, 1.807) is 30.8 Å². The van der Waals surface area contributed by atoms with Gasteiger partial charge >= 0.3 is 11.9 Å². The molecule has 0 spiro atoms. The van der Waals surface area contributed by atoms with Crippen molar-refractivity contribution >= 4 is 29.5 Å². The number of carbonyl (C=O) groups excluding carboxylic acids is 3. The maximum absolute atomic E-state index is 13.7. The van der Waals surface area contributed by atoms with Crippen LogP contribution in [-0.2, 0) is 23.9 Å². The van der Waals surface area contributed by atoms with Crippen LogP contribution in [0.3, 0.4) is 0 Å². The molecule has 2 aliphatic rings. The highest BCUT2D eigenvalue weighted by Crippen LogP contribution is 2.46. The molecule has 3 atom stereocenters. The Bertz CT molecular complexity index is 1050. The standard InChI is InChI=1S/C25H31NO7S/c1-6-34-10-9-33-25(30)20-14(3)26-16-11-13(2)19(24(29)32-5)23(28)22(16)21(20)15-7-8-18(31-4)17(27)12-15/h7-8,12-13,19,21,26-27H,6,9-11H2,1-5H3. The summed E-state index contributed by atoms with van der Waals surface area (Å²) in [6.45, 7) is 5.85. The van der Waals surface area contributed by atoms with Crippen molar-refractivity contribution in [3.05, 3.63) is 46.3 Å². The lowest BCUT2D eigenvalue weighted by Crippen LogP contribution is -2.43. The monoisotopic (exact) mass is 489 g/mol. The Balaban J connectivity index is 2.11. The highest BCUT2D eigenvalue weighted by atomic mass is 32.2. The molecular weight excluding hydrogens is 458 g/mol. The molecule has 2 N–H and O–H groups in total. The second-order valence-corrected chi connectivity index (χ2v) is 9.69. The number of methoxy groups -OCH3 is 2. The van der Waals surface area contributed by atoms with Gasteiger partial charge in [0, 0.05) is 28.6 Å². The molecule has 1 aliphatic heterocycles. The number of esters is 2. The van der Waals surface area contributed by atoms with Crippen LogP contribution in [0.5, 0.6) is 11.5 Å². The number of Topliss-reactive ketones (excluding diaryl/α,β-unsaturated/α-hetero) is 1. The van der Waals surface area contributed by atoms with Crippen molar-refractivity contribution in [3.8, 4) is 11.5 Å². The molecular formula is C25H31NO7S. The van der Waals surface area contributed by atoms with Crippen molar-refractivity contribution in [1.82, 2.24) is 5.32 Å². The molecule has 1 aromatic carbocycles. The predicted molar refractivity (Wildman–Crippen MR) is 129 cm³/mol. The Labute approximate surface area is 203 Å². The highest BCUT2D eigenvalue weighted by Gasteiger charge is 2.47.